The molecule has 1 N–H and O–H groups in total. The second-order valence-electron chi connectivity index (χ2n) is 8.76. The fraction of sp³-hybridized carbons (Fsp3) is 0.462. The summed E-state index contributed by atoms with van der Waals surface area (Å²) in [5.74, 6) is 0.845. The molecule has 1 saturated carbocycles. The highest BCUT2D eigenvalue weighted by atomic mass is 35.5. The van der Waals surface area contributed by atoms with Gasteiger partial charge in [-0.3, -0.25) is 9.59 Å². The van der Waals surface area contributed by atoms with E-state index in [-0.39, 0.29) is 24.4 Å². The number of hydrogen-bond acceptors (Lipinski definition) is 3. The standard InChI is InChI=1S/C26H32Cl2N2O2S/c1-18-8-10-20(11-9-18)16-33-17-25(31)30(15-21-12-13-22(27)14-24(21)28)19(2)26(32)29-23-6-4-3-5-7-23/h8-14,19,23H,3-7,15-17H2,1-2H3,(H,29,32)/t19-/m1/s1. The van der Waals surface area contributed by atoms with Crippen molar-refractivity contribution in [3.05, 3.63) is 69.2 Å². The van der Waals surface area contributed by atoms with E-state index < -0.39 is 6.04 Å². The molecule has 7 heteroatoms. The Hall–Kier alpha value is -1.69. The number of aryl methyl sites for hydroxylation is 1. The number of benzene rings is 2. The van der Waals surface area contributed by atoms with Gasteiger partial charge in [0.1, 0.15) is 6.04 Å². The molecular formula is C26H32Cl2N2O2S. The Labute approximate surface area is 211 Å². The maximum absolute atomic E-state index is 13.3. The van der Waals surface area contributed by atoms with Crippen LogP contribution in [0.5, 0.6) is 0 Å². The predicted molar refractivity (Wildman–Crippen MR) is 139 cm³/mol. The van der Waals surface area contributed by atoms with Gasteiger partial charge in [0.25, 0.3) is 0 Å². The van der Waals surface area contributed by atoms with Gasteiger partial charge in [-0.2, -0.15) is 0 Å². The fourth-order valence-electron chi connectivity index (χ4n) is 4.01. The highest BCUT2D eigenvalue weighted by Crippen LogP contribution is 2.24. The Bertz CT molecular complexity index is 946. The molecule has 2 aromatic carbocycles. The van der Waals surface area contributed by atoms with E-state index in [2.05, 4.69) is 36.5 Å². The zero-order valence-electron chi connectivity index (χ0n) is 19.3. The molecular weight excluding hydrogens is 475 g/mol. The summed E-state index contributed by atoms with van der Waals surface area (Å²) < 4.78 is 0. The van der Waals surface area contributed by atoms with E-state index in [0.717, 1.165) is 37.0 Å². The van der Waals surface area contributed by atoms with E-state index in [1.165, 1.54) is 17.5 Å². The van der Waals surface area contributed by atoms with Crippen LogP contribution in [-0.2, 0) is 21.9 Å². The smallest absolute Gasteiger partial charge is 0.242 e. The second-order valence-corrected chi connectivity index (χ2v) is 10.6. The lowest BCUT2D eigenvalue weighted by Gasteiger charge is -2.31. The Kier molecular flexibility index (Phi) is 9.96. The number of amides is 2. The van der Waals surface area contributed by atoms with Gasteiger partial charge in [-0.1, -0.05) is 78.4 Å². The first-order valence-electron chi connectivity index (χ1n) is 11.5. The number of carbonyl (C=O) groups is 2. The van der Waals surface area contributed by atoms with Crippen LogP contribution in [-0.4, -0.2) is 34.6 Å². The van der Waals surface area contributed by atoms with Crippen molar-refractivity contribution in [1.82, 2.24) is 10.2 Å². The van der Waals surface area contributed by atoms with E-state index >= 15 is 0 Å². The maximum Gasteiger partial charge on any atom is 0.242 e. The molecule has 3 rings (SSSR count). The first kappa shape index (κ1) is 25.9. The van der Waals surface area contributed by atoms with E-state index in [0.29, 0.717) is 15.8 Å². The SMILES string of the molecule is Cc1ccc(CSCC(=O)N(Cc2ccc(Cl)cc2Cl)[C@H](C)C(=O)NC2CCCCC2)cc1. The van der Waals surface area contributed by atoms with Crippen molar-refractivity contribution in [2.45, 2.75) is 70.3 Å². The molecule has 0 aliphatic heterocycles. The number of hydrogen-bond donors (Lipinski definition) is 1. The van der Waals surface area contributed by atoms with Crippen LogP contribution in [0.25, 0.3) is 0 Å². The third kappa shape index (κ3) is 7.94. The molecule has 2 amide bonds. The van der Waals surface area contributed by atoms with Crippen molar-refractivity contribution in [1.29, 1.82) is 0 Å². The van der Waals surface area contributed by atoms with Crippen molar-refractivity contribution < 1.29 is 9.59 Å². The molecule has 1 atom stereocenters. The van der Waals surface area contributed by atoms with Crippen LogP contribution in [0.15, 0.2) is 42.5 Å². The molecule has 0 heterocycles. The number of halogens is 2. The Morgan fingerprint density at radius 1 is 1.09 bits per heavy atom. The number of nitrogens with one attached hydrogen (secondary N) is 1. The molecule has 0 bridgehead atoms. The second kappa shape index (κ2) is 12.7. The molecule has 0 spiro atoms. The summed E-state index contributed by atoms with van der Waals surface area (Å²) >= 11 is 14.0. The van der Waals surface area contributed by atoms with Crippen LogP contribution in [0, 0.1) is 6.92 Å². The number of thioether (sulfide) groups is 1. The van der Waals surface area contributed by atoms with Gasteiger partial charge >= 0.3 is 0 Å². The molecule has 0 radical (unpaired) electrons. The minimum atomic E-state index is -0.592. The number of rotatable bonds is 9. The Balaban J connectivity index is 1.68. The minimum Gasteiger partial charge on any atom is -0.352 e. The summed E-state index contributed by atoms with van der Waals surface area (Å²) in [6.07, 6.45) is 5.50. The Morgan fingerprint density at radius 2 is 1.79 bits per heavy atom. The van der Waals surface area contributed by atoms with Crippen LogP contribution in [0.4, 0.5) is 0 Å². The van der Waals surface area contributed by atoms with Gasteiger partial charge in [0, 0.05) is 28.4 Å². The van der Waals surface area contributed by atoms with Gasteiger partial charge in [-0.25, -0.2) is 0 Å². The first-order chi connectivity index (χ1) is 15.8. The van der Waals surface area contributed by atoms with Gasteiger partial charge in [0.15, 0.2) is 0 Å². The van der Waals surface area contributed by atoms with Crippen molar-refractivity contribution in [2.75, 3.05) is 5.75 Å². The van der Waals surface area contributed by atoms with Gasteiger partial charge in [-0.05, 0) is 49.9 Å². The van der Waals surface area contributed by atoms with Crippen LogP contribution in [0.3, 0.4) is 0 Å². The van der Waals surface area contributed by atoms with Crippen LogP contribution in [0.2, 0.25) is 10.0 Å². The summed E-state index contributed by atoms with van der Waals surface area (Å²) in [6, 6.07) is 13.2. The molecule has 0 unspecified atom stereocenters. The Morgan fingerprint density at radius 3 is 2.45 bits per heavy atom. The van der Waals surface area contributed by atoms with Crippen LogP contribution >= 0.6 is 35.0 Å². The molecule has 1 aliphatic rings. The third-order valence-electron chi connectivity index (χ3n) is 6.09. The lowest BCUT2D eigenvalue weighted by atomic mass is 9.95. The zero-order chi connectivity index (χ0) is 23.8. The first-order valence-corrected chi connectivity index (χ1v) is 13.4. The quantitative estimate of drug-likeness (QED) is 0.427. The van der Waals surface area contributed by atoms with Gasteiger partial charge in [0.2, 0.25) is 11.8 Å². The van der Waals surface area contributed by atoms with Gasteiger partial charge in [-0.15, -0.1) is 11.8 Å². The summed E-state index contributed by atoms with van der Waals surface area (Å²) in [6.45, 7) is 4.11. The maximum atomic E-state index is 13.3. The number of carbonyl (C=O) groups excluding carboxylic acids is 2. The summed E-state index contributed by atoms with van der Waals surface area (Å²) in [5, 5.41) is 4.19. The zero-order valence-corrected chi connectivity index (χ0v) is 21.6. The van der Waals surface area contributed by atoms with Crippen LogP contribution < -0.4 is 5.32 Å². The van der Waals surface area contributed by atoms with Crippen molar-refractivity contribution >= 4 is 46.8 Å². The average molecular weight is 508 g/mol. The normalized spacial score (nSPS) is 15.2. The molecule has 2 aromatic rings. The summed E-state index contributed by atoms with van der Waals surface area (Å²) in [5.41, 5.74) is 3.16. The molecule has 1 aliphatic carbocycles. The third-order valence-corrected chi connectivity index (χ3v) is 7.67. The van der Waals surface area contributed by atoms with E-state index in [1.807, 2.05) is 6.07 Å². The largest absolute Gasteiger partial charge is 0.352 e. The van der Waals surface area contributed by atoms with Crippen LogP contribution in [0.1, 0.15) is 55.7 Å². The molecule has 178 valence electrons. The fourth-order valence-corrected chi connectivity index (χ4v) is 5.35. The highest BCUT2D eigenvalue weighted by molar-refractivity contribution is 7.99. The molecule has 33 heavy (non-hydrogen) atoms. The van der Waals surface area contributed by atoms with E-state index in [1.54, 1.807) is 35.7 Å². The summed E-state index contributed by atoms with van der Waals surface area (Å²) in [4.78, 5) is 27.9. The predicted octanol–water partition coefficient (Wildman–Crippen LogP) is 6.40. The lowest BCUT2D eigenvalue weighted by molar-refractivity contribution is -0.139. The van der Waals surface area contributed by atoms with Crippen molar-refractivity contribution in [3.63, 3.8) is 0 Å². The van der Waals surface area contributed by atoms with Gasteiger partial charge in [0.05, 0.1) is 5.75 Å². The summed E-state index contributed by atoms with van der Waals surface area (Å²) in [7, 11) is 0. The average Bonchev–Trinajstić information content (AvgIpc) is 2.80. The van der Waals surface area contributed by atoms with Gasteiger partial charge < -0.3 is 10.2 Å². The minimum absolute atomic E-state index is 0.0792. The van der Waals surface area contributed by atoms with E-state index in [4.69, 9.17) is 23.2 Å². The molecule has 0 aromatic heterocycles. The molecule has 1 fully saturated rings. The van der Waals surface area contributed by atoms with Crippen molar-refractivity contribution in [3.8, 4) is 0 Å². The molecule has 4 nitrogen and oxygen atoms in total. The highest BCUT2D eigenvalue weighted by Gasteiger charge is 2.28. The van der Waals surface area contributed by atoms with E-state index in [9.17, 15) is 9.59 Å². The topological polar surface area (TPSA) is 49.4 Å². The van der Waals surface area contributed by atoms with Crippen molar-refractivity contribution in [2.24, 2.45) is 0 Å². The monoisotopic (exact) mass is 506 g/mol. The lowest BCUT2D eigenvalue weighted by Crippen LogP contribution is -2.50. The molecule has 0 saturated heterocycles. The number of nitrogens with zero attached hydrogens (tertiary/aromatic N) is 1.